The van der Waals surface area contributed by atoms with Gasteiger partial charge in [-0.2, -0.15) is 0 Å². The van der Waals surface area contributed by atoms with Crippen molar-refractivity contribution in [2.24, 2.45) is 4.99 Å². The van der Waals surface area contributed by atoms with Gasteiger partial charge in [0.25, 0.3) is 0 Å². The second-order valence-corrected chi connectivity index (χ2v) is 7.79. The van der Waals surface area contributed by atoms with Crippen LogP contribution in [0.3, 0.4) is 0 Å². The number of morpholine rings is 2. The predicted octanol–water partition coefficient (Wildman–Crippen LogP) is 2.41. The van der Waals surface area contributed by atoms with E-state index in [1.54, 1.807) is 0 Å². The zero-order valence-electron chi connectivity index (χ0n) is 17.0. The molecule has 6 nitrogen and oxygen atoms in total. The van der Waals surface area contributed by atoms with Crippen LogP contribution in [-0.2, 0) is 9.47 Å². The number of anilines is 1. The van der Waals surface area contributed by atoms with Gasteiger partial charge in [0, 0.05) is 37.4 Å². The van der Waals surface area contributed by atoms with Gasteiger partial charge in [0.1, 0.15) is 24.0 Å². The maximum atomic E-state index is 13.7. The summed E-state index contributed by atoms with van der Waals surface area (Å²) in [4.78, 5) is 12.4. The van der Waals surface area contributed by atoms with Gasteiger partial charge in [-0.1, -0.05) is 30.3 Å². The topological polar surface area (TPSA) is 40.5 Å². The summed E-state index contributed by atoms with van der Waals surface area (Å²) in [6, 6.07) is 17.0. The summed E-state index contributed by atoms with van der Waals surface area (Å²) in [5, 5.41) is 0. The predicted molar refractivity (Wildman–Crippen MR) is 114 cm³/mol. The van der Waals surface area contributed by atoms with Crippen LogP contribution >= 0.6 is 0 Å². The number of benzene rings is 2. The van der Waals surface area contributed by atoms with Crippen molar-refractivity contribution in [1.82, 2.24) is 9.80 Å². The third-order valence-corrected chi connectivity index (χ3v) is 5.99. The van der Waals surface area contributed by atoms with Crippen molar-refractivity contribution in [2.45, 2.75) is 12.3 Å². The molecule has 0 saturated carbocycles. The number of halogens is 1. The second kappa shape index (κ2) is 8.81. The molecule has 0 aliphatic carbocycles. The van der Waals surface area contributed by atoms with E-state index in [1.165, 1.54) is 12.1 Å². The van der Waals surface area contributed by atoms with Crippen LogP contribution in [0.5, 0.6) is 0 Å². The van der Waals surface area contributed by atoms with Gasteiger partial charge in [0.2, 0.25) is 0 Å². The number of aliphatic imine (C=N–C) groups is 1. The monoisotopic (exact) mass is 410 g/mol. The van der Waals surface area contributed by atoms with Crippen molar-refractivity contribution in [2.75, 3.05) is 57.5 Å². The van der Waals surface area contributed by atoms with Gasteiger partial charge in [-0.25, -0.2) is 9.38 Å². The molecule has 30 heavy (non-hydrogen) atoms. The van der Waals surface area contributed by atoms with Gasteiger partial charge in [-0.3, -0.25) is 9.80 Å². The molecule has 0 N–H and O–H groups in total. The van der Waals surface area contributed by atoms with Gasteiger partial charge < -0.3 is 14.4 Å². The molecule has 2 aromatic rings. The molecule has 158 valence electrons. The highest BCUT2D eigenvalue weighted by atomic mass is 19.1. The zero-order chi connectivity index (χ0) is 20.3. The Kier molecular flexibility index (Phi) is 5.77. The Hall–Kier alpha value is -2.32. The van der Waals surface area contributed by atoms with Gasteiger partial charge in [-0.15, -0.1) is 0 Å². The molecule has 3 aliphatic rings. The lowest BCUT2D eigenvalue weighted by Gasteiger charge is -2.43. The summed E-state index contributed by atoms with van der Waals surface area (Å²) in [5.41, 5.74) is 2.02. The van der Waals surface area contributed by atoms with E-state index in [2.05, 4.69) is 26.8 Å². The van der Waals surface area contributed by atoms with Crippen LogP contribution in [0.4, 0.5) is 10.1 Å². The molecule has 0 radical (unpaired) electrons. The van der Waals surface area contributed by atoms with E-state index in [0.717, 1.165) is 56.5 Å². The Morgan fingerprint density at radius 1 is 0.767 bits per heavy atom. The standard InChI is InChI=1S/C23H27FN4O2/c24-19-6-8-20(9-7-19)28-21(18-4-2-1-3-5-18)25-22(26-10-14-29-15-11-26)23(28)27-12-16-30-17-13-27/h1-9,22-23H,10-17H2/t22-,23+/m0/s1. The largest absolute Gasteiger partial charge is 0.379 e. The Morgan fingerprint density at radius 3 is 2.00 bits per heavy atom. The number of hydrogen-bond acceptors (Lipinski definition) is 6. The molecule has 0 spiro atoms. The highest BCUT2D eigenvalue weighted by Crippen LogP contribution is 2.33. The summed E-state index contributed by atoms with van der Waals surface area (Å²) in [7, 11) is 0. The molecule has 0 aromatic heterocycles. The van der Waals surface area contributed by atoms with E-state index in [9.17, 15) is 4.39 Å². The number of nitrogens with zero attached hydrogens (tertiary/aromatic N) is 4. The number of hydrogen-bond donors (Lipinski definition) is 0. The smallest absolute Gasteiger partial charge is 0.139 e. The first-order valence-electron chi connectivity index (χ1n) is 10.6. The lowest BCUT2D eigenvalue weighted by atomic mass is 10.1. The molecular formula is C23H27FN4O2. The number of amidine groups is 1. The normalized spacial score (nSPS) is 26.0. The van der Waals surface area contributed by atoms with Gasteiger partial charge in [-0.05, 0) is 24.3 Å². The van der Waals surface area contributed by atoms with E-state index in [0.29, 0.717) is 13.2 Å². The van der Waals surface area contributed by atoms with Crippen LogP contribution in [0.15, 0.2) is 59.6 Å². The molecule has 5 rings (SSSR count). The highest BCUT2D eigenvalue weighted by Gasteiger charge is 2.44. The fourth-order valence-electron chi connectivity index (χ4n) is 4.50. The summed E-state index contributed by atoms with van der Waals surface area (Å²) in [6.07, 6.45) is -0.0000680. The summed E-state index contributed by atoms with van der Waals surface area (Å²) in [6.45, 7) is 6.27. The van der Waals surface area contributed by atoms with Crippen molar-refractivity contribution >= 4 is 11.5 Å². The average Bonchev–Trinajstić information content (AvgIpc) is 3.22. The van der Waals surface area contributed by atoms with Crippen molar-refractivity contribution in [3.8, 4) is 0 Å². The van der Waals surface area contributed by atoms with Gasteiger partial charge in [0.05, 0.1) is 26.4 Å². The Balaban J connectivity index is 1.59. The molecule has 7 heteroatoms. The van der Waals surface area contributed by atoms with Crippen LogP contribution in [0.25, 0.3) is 0 Å². The molecule has 3 heterocycles. The van der Waals surface area contributed by atoms with Crippen molar-refractivity contribution in [1.29, 1.82) is 0 Å². The number of rotatable bonds is 4. The van der Waals surface area contributed by atoms with Gasteiger partial charge >= 0.3 is 0 Å². The molecule has 3 aliphatic heterocycles. The SMILES string of the molecule is Fc1ccc(N2C(c3ccccc3)=N[C@@H](N3CCOCC3)[C@@H]2N2CCOCC2)cc1. The fourth-order valence-corrected chi connectivity index (χ4v) is 4.50. The highest BCUT2D eigenvalue weighted by molar-refractivity contribution is 6.11. The van der Waals surface area contributed by atoms with Crippen molar-refractivity contribution in [3.63, 3.8) is 0 Å². The fraction of sp³-hybridized carbons (Fsp3) is 0.435. The van der Waals surface area contributed by atoms with E-state index in [-0.39, 0.29) is 18.1 Å². The summed E-state index contributed by atoms with van der Waals surface area (Å²) < 4.78 is 24.9. The third kappa shape index (κ3) is 3.86. The van der Waals surface area contributed by atoms with Crippen LogP contribution in [0.1, 0.15) is 5.56 Å². The Morgan fingerprint density at radius 2 is 1.37 bits per heavy atom. The van der Waals surface area contributed by atoms with E-state index < -0.39 is 0 Å². The number of ether oxygens (including phenoxy) is 2. The second-order valence-electron chi connectivity index (χ2n) is 7.79. The molecule has 0 amide bonds. The first kappa shape index (κ1) is 19.6. The molecule has 2 fully saturated rings. The Labute approximate surface area is 176 Å². The molecule has 0 bridgehead atoms. The van der Waals surface area contributed by atoms with Crippen LogP contribution in [-0.4, -0.2) is 80.6 Å². The van der Waals surface area contributed by atoms with E-state index in [4.69, 9.17) is 14.5 Å². The minimum absolute atomic E-state index is 0.0210. The lowest BCUT2D eigenvalue weighted by Crippen LogP contribution is -2.60. The van der Waals surface area contributed by atoms with Crippen LogP contribution in [0, 0.1) is 5.82 Å². The minimum Gasteiger partial charge on any atom is -0.379 e. The molecule has 2 atom stereocenters. The average molecular weight is 410 g/mol. The maximum absolute atomic E-state index is 13.7. The van der Waals surface area contributed by atoms with Gasteiger partial charge in [0.15, 0.2) is 0 Å². The molecule has 2 aromatic carbocycles. The Bertz CT molecular complexity index is 865. The first-order chi connectivity index (χ1) is 14.8. The first-order valence-corrected chi connectivity index (χ1v) is 10.6. The third-order valence-electron chi connectivity index (χ3n) is 5.99. The van der Waals surface area contributed by atoms with Crippen LogP contribution < -0.4 is 4.90 Å². The molecular weight excluding hydrogens is 383 g/mol. The summed E-state index contributed by atoms with van der Waals surface area (Å²) in [5.74, 6) is 0.694. The lowest BCUT2D eigenvalue weighted by molar-refractivity contribution is -0.0273. The van der Waals surface area contributed by atoms with E-state index >= 15 is 0 Å². The molecule has 2 saturated heterocycles. The van der Waals surface area contributed by atoms with E-state index in [1.807, 2.05) is 30.3 Å². The molecule has 0 unspecified atom stereocenters. The van der Waals surface area contributed by atoms with Crippen molar-refractivity contribution in [3.05, 3.63) is 66.0 Å². The van der Waals surface area contributed by atoms with Crippen molar-refractivity contribution < 1.29 is 13.9 Å². The summed E-state index contributed by atoms with van der Waals surface area (Å²) >= 11 is 0. The van der Waals surface area contributed by atoms with Crippen LogP contribution in [0.2, 0.25) is 0 Å². The quantitative estimate of drug-likeness (QED) is 0.774. The maximum Gasteiger partial charge on any atom is 0.139 e. The minimum atomic E-state index is -0.233. The zero-order valence-corrected chi connectivity index (χ0v) is 17.0.